The molecule has 1 aromatic carbocycles. The number of hydrogen-bond donors (Lipinski definition) is 1. The maximum atomic E-state index is 8.30. The van der Waals surface area contributed by atoms with E-state index in [2.05, 4.69) is 15.2 Å². The van der Waals surface area contributed by atoms with E-state index < -0.39 is 0 Å². The van der Waals surface area contributed by atoms with Crippen molar-refractivity contribution in [1.82, 2.24) is 14.8 Å². The molecule has 2 rings (SSSR count). The van der Waals surface area contributed by atoms with Crippen molar-refractivity contribution < 1.29 is 5.21 Å². The lowest BCUT2D eigenvalue weighted by molar-refractivity contribution is 0.321. The normalized spacial score (nSPS) is 10.9. The van der Waals surface area contributed by atoms with E-state index in [1.165, 1.54) is 6.21 Å². The molecule has 0 unspecified atom stereocenters. The van der Waals surface area contributed by atoms with Gasteiger partial charge >= 0.3 is 0 Å². The summed E-state index contributed by atoms with van der Waals surface area (Å²) >= 11 is 0. The highest BCUT2D eigenvalue weighted by Crippen LogP contribution is 2.00. The second-order valence-electron chi connectivity index (χ2n) is 3.03. The average molecular weight is 202 g/mol. The highest BCUT2D eigenvalue weighted by atomic mass is 16.4. The molecule has 0 aliphatic heterocycles. The first kappa shape index (κ1) is 9.39. The molecule has 1 heterocycles. The van der Waals surface area contributed by atoms with Crippen LogP contribution in [0.2, 0.25) is 0 Å². The van der Waals surface area contributed by atoms with E-state index in [9.17, 15) is 0 Å². The van der Waals surface area contributed by atoms with Gasteiger partial charge in [0.15, 0.2) is 5.82 Å². The molecule has 0 spiro atoms. The third-order valence-corrected chi connectivity index (χ3v) is 1.91. The van der Waals surface area contributed by atoms with Crippen molar-refractivity contribution in [2.45, 2.75) is 6.54 Å². The van der Waals surface area contributed by atoms with Crippen LogP contribution in [0.15, 0.2) is 41.8 Å². The Hall–Kier alpha value is -2.17. The lowest BCUT2D eigenvalue weighted by Gasteiger charge is -1.99. The quantitative estimate of drug-likeness (QED) is 0.461. The SMILES string of the molecule is ON=Cc1ncn(Cc2ccccc2)n1. The number of benzene rings is 1. The van der Waals surface area contributed by atoms with E-state index in [1.807, 2.05) is 30.3 Å². The molecule has 15 heavy (non-hydrogen) atoms. The van der Waals surface area contributed by atoms with Crippen LogP contribution in [0.25, 0.3) is 0 Å². The minimum Gasteiger partial charge on any atom is -0.411 e. The number of nitrogens with zero attached hydrogens (tertiary/aromatic N) is 4. The molecule has 0 aliphatic rings. The molecule has 5 heteroatoms. The van der Waals surface area contributed by atoms with Gasteiger partial charge in [-0.2, -0.15) is 0 Å². The Balaban J connectivity index is 2.11. The number of rotatable bonds is 3. The van der Waals surface area contributed by atoms with Crippen molar-refractivity contribution in [2.75, 3.05) is 0 Å². The van der Waals surface area contributed by atoms with Gasteiger partial charge < -0.3 is 5.21 Å². The highest BCUT2D eigenvalue weighted by Gasteiger charge is 1.98. The summed E-state index contributed by atoms with van der Waals surface area (Å²) in [6, 6.07) is 9.95. The fraction of sp³-hybridized carbons (Fsp3) is 0.100. The summed E-state index contributed by atoms with van der Waals surface area (Å²) in [6.45, 7) is 0.660. The largest absolute Gasteiger partial charge is 0.411 e. The first-order valence-corrected chi connectivity index (χ1v) is 4.49. The van der Waals surface area contributed by atoms with Crippen LogP contribution in [0, 0.1) is 0 Å². The fourth-order valence-corrected chi connectivity index (χ4v) is 1.27. The van der Waals surface area contributed by atoms with Crippen molar-refractivity contribution >= 4 is 6.21 Å². The molecule has 0 amide bonds. The van der Waals surface area contributed by atoms with E-state index in [-0.39, 0.29) is 0 Å². The van der Waals surface area contributed by atoms with Gasteiger partial charge in [-0.25, -0.2) is 9.67 Å². The van der Waals surface area contributed by atoms with Crippen LogP contribution in [-0.2, 0) is 6.54 Å². The zero-order chi connectivity index (χ0) is 10.5. The van der Waals surface area contributed by atoms with Gasteiger partial charge in [0.1, 0.15) is 12.5 Å². The summed E-state index contributed by atoms with van der Waals surface area (Å²) in [5.41, 5.74) is 1.15. The monoisotopic (exact) mass is 202 g/mol. The van der Waals surface area contributed by atoms with Crippen LogP contribution in [0.4, 0.5) is 0 Å². The Kier molecular flexibility index (Phi) is 2.73. The summed E-state index contributed by atoms with van der Waals surface area (Å²) in [5.74, 6) is 0.397. The van der Waals surface area contributed by atoms with E-state index in [1.54, 1.807) is 11.0 Å². The molecule has 0 aliphatic carbocycles. The predicted octanol–water partition coefficient (Wildman–Crippen LogP) is 1.13. The second-order valence-corrected chi connectivity index (χ2v) is 3.03. The molecule has 1 N–H and O–H groups in total. The maximum Gasteiger partial charge on any atom is 0.195 e. The fourth-order valence-electron chi connectivity index (χ4n) is 1.27. The van der Waals surface area contributed by atoms with E-state index >= 15 is 0 Å². The van der Waals surface area contributed by atoms with Crippen LogP contribution >= 0.6 is 0 Å². The van der Waals surface area contributed by atoms with Crippen molar-refractivity contribution in [3.05, 3.63) is 48.0 Å². The van der Waals surface area contributed by atoms with E-state index in [4.69, 9.17) is 5.21 Å². The van der Waals surface area contributed by atoms with Crippen molar-refractivity contribution in [2.24, 2.45) is 5.16 Å². The topological polar surface area (TPSA) is 63.3 Å². The summed E-state index contributed by atoms with van der Waals surface area (Å²) in [4.78, 5) is 3.94. The molecule has 0 atom stereocenters. The van der Waals surface area contributed by atoms with Gasteiger partial charge in [0, 0.05) is 0 Å². The first-order chi connectivity index (χ1) is 7.38. The molecule has 1 aromatic heterocycles. The molecule has 0 radical (unpaired) electrons. The Bertz CT molecular complexity index is 449. The van der Waals surface area contributed by atoms with Crippen LogP contribution in [0.3, 0.4) is 0 Å². The van der Waals surface area contributed by atoms with Crippen LogP contribution in [-0.4, -0.2) is 26.2 Å². The van der Waals surface area contributed by atoms with E-state index in [0.29, 0.717) is 12.4 Å². The molecule has 5 nitrogen and oxygen atoms in total. The smallest absolute Gasteiger partial charge is 0.195 e. The van der Waals surface area contributed by atoms with E-state index in [0.717, 1.165) is 5.56 Å². The zero-order valence-corrected chi connectivity index (χ0v) is 7.98. The predicted molar refractivity (Wildman–Crippen MR) is 54.9 cm³/mol. The maximum absolute atomic E-state index is 8.30. The summed E-state index contributed by atoms with van der Waals surface area (Å²) in [5, 5.41) is 15.3. The molecule has 76 valence electrons. The molecular formula is C10H10N4O. The molecule has 0 saturated carbocycles. The number of oxime groups is 1. The summed E-state index contributed by atoms with van der Waals surface area (Å²) in [6.07, 6.45) is 2.80. The van der Waals surface area contributed by atoms with Gasteiger partial charge in [-0.15, -0.1) is 5.10 Å². The van der Waals surface area contributed by atoms with Gasteiger partial charge in [0.25, 0.3) is 0 Å². The summed E-state index contributed by atoms with van der Waals surface area (Å²) < 4.78 is 1.69. The Labute approximate surface area is 86.7 Å². The first-order valence-electron chi connectivity index (χ1n) is 4.49. The second kappa shape index (κ2) is 4.36. The number of aromatic nitrogens is 3. The van der Waals surface area contributed by atoms with Crippen molar-refractivity contribution in [3.8, 4) is 0 Å². The average Bonchev–Trinajstić information content (AvgIpc) is 2.68. The van der Waals surface area contributed by atoms with Crippen molar-refractivity contribution in [1.29, 1.82) is 0 Å². The van der Waals surface area contributed by atoms with Crippen LogP contribution in [0.1, 0.15) is 11.4 Å². The molecule has 0 saturated heterocycles. The van der Waals surface area contributed by atoms with Gasteiger partial charge in [-0.1, -0.05) is 35.5 Å². The molecule has 0 bridgehead atoms. The van der Waals surface area contributed by atoms with Crippen molar-refractivity contribution in [3.63, 3.8) is 0 Å². The standard InChI is InChI=1S/C10H10N4O/c15-12-6-10-11-8-14(13-10)7-9-4-2-1-3-5-9/h1-6,8,15H,7H2. The zero-order valence-electron chi connectivity index (χ0n) is 7.98. The van der Waals surface area contributed by atoms with Gasteiger partial charge in [-0.3, -0.25) is 0 Å². The minimum atomic E-state index is 0.397. The highest BCUT2D eigenvalue weighted by molar-refractivity contribution is 5.73. The number of hydrogen-bond acceptors (Lipinski definition) is 4. The molecule has 2 aromatic rings. The lowest BCUT2D eigenvalue weighted by atomic mass is 10.2. The summed E-state index contributed by atoms with van der Waals surface area (Å²) in [7, 11) is 0. The Morgan fingerprint density at radius 2 is 2.13 bits per heavy atom. The Morgan fingerprint density at radius 3 is 2.87 bits per heavy atom. The minimum absolute atomic E-state index is 0.397. The van der Waals surface area contributed by atoms with Gasteiger partial charge in [-0.05, 0) is 5.56 Å². The molecular weight excluding hydrogens is 192 g/mol. The molecule has 0 fully saturated rings. The van der Waals surface area contributed by atoms with Crippen LogP contribution in [0.5, 0.6) is 0 Å². The lowest BCUT2D eigenvalue weighted by Crippen LogP contribution is -2.00. The third-order valence-electron chi connectivity index (χ3n) is 1.91. The van der Waals surface area contributed by atoms with Gasteiger partial charge in [0.2, 0.25) is 0 Å². The Morgan fingerprint density at radius 1 is 1.33 bits per heavy atom. The third kappa shape index (κ3) is 2.40. The van der Waals surface area contributed by atoms with Crippen LogP contribution < -0.4 is 0 Å². The van der Waals surface area contributed by atoms with Gasteiger partial charge in [0.05, 0.1) is 6.54 Å².